The second kappa shape index (κ2) is 67.5. The molecule has 0 aromatic heterocycles. The van der Waals surface area contributed by atoms with Gasteiger partial charge in [-0.2, -0.15) is 0 Å². The van der Waals surface area contributed by atoms with E-state index in [1.165, 1.54) is 122 Å². The highest BCUT2D eigenvalue weighted by atomic mass is 16.7. The number of allylic oxidation sites excluding steroid dienone is 27. The Kier molecular flexibility index (Phi) is 61.7. The Morgan fingerprint density at radius 1 is 0.370 bits per heavy atom. The maximum atomic E-state index is 13.4. The lowest BCUT2D eigenvalue weighted by Gasteiger charge is -2.46. The molecule has 2 saturated heterocycles. The number of ether oxygens (including phenoxy) is 4. The third-order valence-corrected chi connectivity index (χ3v) is 17.9. The second-order valence-corrected chi connectivity index (χ2v) is 26.7. The van der Waals surface area contributed by atoms with Crippen LogP contribution in [0.2, 0.25) is 0 Å². The Balaban J connectivity index is 1.67. The van der Waals surface area contributed by atoms with E-state index in [0.717, 1.165) is 116 Å². The van der Waals surface area contributed by atoms with Gasteiger partial charge in [0.1, 0.15) is 48.8 Å². The lowest BCUT2D eigenvalue weighted by molar-refractivity contribution is -0.359. The number of aliphatic hydroxyl groups excluding tert-OH is 8. The van der Waals surface area contributed by atoms with E-state index in [4.69, 9.17) is 18.9 Å². The lowest BCUT2D eigenvalue weighted by atomic mass is 9.97. The first-order valence-electron chi connectivity index (χ1n) is 39.4. The largest absolute Gasteiger partial charge is 0.394 e. The van der Waals surface area contributed by atoms with Crippen LogP contribution in [0.25, 0.3) is 0 Å². The molecule has 12 unspecified atom stereocenters. The summed E-state index contributed by atoms with van der Waals surface area (Å²) in [5.74, 6) is -0.278. The van der Waals surface area contributed by atoms with Crippen LogP contribution >= 0.6 is 0 Å². The third-order valence-electron chi connectivity index (χ3n) is 17.9. The van der Waals surface area contributed by atoms with Crippen molar-refractivity contribution in [3.8, 4) is 0 Å². The number of hydrogen-bond donors (Lipinski definition) is 9. The molecule has 0 spiro atoms. The number of carbonyl (C=O) groups is 1. The predicted octanol–water partition coefficient (Wildman–Crippen LogP) is 17.9. The summed E-state index contributed by atoms with van der Waals surface area (Å²) in [6, 6.07) is -0.960. The Hall–Kier alpha value is -4.65. The van der Waals surface area contributed by atoms with E-state index in [1.807, 2.05) is 6.08 Å². The van der Waals surface area contributed by atoms with Crippen molar-refractivity contribution < 1.29 is 64.6 Å². The first-order valence-corrected chi connectivity index (χ1v) is 39.4. The van der Waals surface area contributed by atoms with Crippen LogP contribution in [-0.4, -0.2) is 140 Å². The SMILES string of the molecule is CC/C=C\C/C=C\C/C=C\C/C=C\C/C=C\C/C=C\C/C=C\C/C=C\C/C=C\C/C=C\C/C=C\C/C=C\CCCCCCC(=O)NC(COC1OC(CO)C(OC2OC(CO)C(O)C(O)C2O)C(O)C1O)C(O)/C=C/CC/C=C/CCCCCCCCCCCCCCCCCCCCC. The highest BCUT2D eigenvalue weighted by molar-refractivity contribution is 5.76. The molecule has 0 aliphatic carbocycles. The van der Waals surface area contributed by atoms with Crippen LogP contribution in [0.15, 0.2) is 170 Å². The molecule has 100 heavy (non-hydrogen) atoms. The molecular formula is C86H141NO13. The van der Waals surface area contributed by atoms with Crippen molar-refractivity contribution in [1.29, 1.82) is 0 Å². The van der Waals surface area contributed by atoms with Gasteiger partial charge in [-0.25, -0.2) is 0 Å². The fourth-order valence-corrected chi connectivity index (χ4v) is 11.7. The van der Waals surface area contributed by atoms with Gasteiger partial charge in [0.05, 0.1) is 32.0 Å². The fraction of sp³-hybridized carbons (Fsp3) is 0.663. The maximum absolute atomic E-state index is 13.4. The Morgan fingerprint density at radius 2 is 0.700 bits per heavy atom. The van der Waals surface area contributed by atoms with Gasteiger partial charge in [0.15, 0.2) is 12.6 Å². The van der Waals surface area contributed by atoms with Gasteiger partial charge in [0.2, 0.25) is 5.91 Å². The Bertz CT molecular complexity index is 2340. The standard InChI is InChI=1S/C86H141NO13/c1-3-5-7-9-11-13-15-17-19-21-23-25-27-29-30-31-32-33-34-35-36-37-38-39-40-41-42-43-44-46-48-50-52-54-56-58-60-62-64-66-68-70-78(91)87-74(73-97-85-83(96)81(94)84(77(72-89)99-85)100-86-82(95)80(93)79(92)76(71-88)98-86)75(90)69-67-65-63-61-59-57-55-53-51-49-47-45-28-26-24-22-20-18-16-14-12-10-8-6-4-2/h5,7,11,13,17,19,23,25,29-30,32-33,35-36,38-39,41-42,44,46,50,52,56,58-59,61,67,69,74-77,79-86,88-90,92-96H,3-4,6,8-10,12,14-16,18,20-22,24,26-28,31,34,37,40,43,45,47-49,51,53-55,57,60,62-66,68,70-73H2,1-2H3,(H,87,91)/b7-5-,13-11-,19-17-,25-23-,30-29-,33-32-,36-35-,39-38-,42-41-,46-44-,52-50-,58-56-,61-59+,69-67+. The fourth-order valence-electron chi connectivity index (χ4n) is 11.7. The Morgan fingerprint density at radius 3 is 1.10 bits per heavy atom. The van der Waals surface area contributed by atoms with Crippen LogP contribution in [0.5, 0.6) is 0 Å². The molecule has 0 saturated carbocycles. The summed E-state index contributed by atoms with van der Waals surface area (Å²) in [6.07, 6.45) is 88.5. The van der Waals surface area contributed by atoms with Crippen molar-refractivity contribution in [3.05, 3.63) is 170 Å². The summed E-state index contributed by atoms with van der Waals surface area (Å²) >= 11 is 0. The van der Waals surface area contributed by atoms with Gasteiger partial charge >= 0.3 is 0 Å². The van der Waals surface area contributed by atoms with Crippen LogP contribution in [0, 0.1) is 0 Å². The van der Waals surface area contributed by atoms with Crippen LogP contribution < -0.4 is 5.32 Å². The number of unbranched alkanes of at least 4 members (excludes halogenated alkanes) is 24. The number of amides is 1. The maximum Gasteiger partial charge on any atom is 0.220 e. The molecular weight excluding hydrogens is 1250 g/mol. The molecule has 9 N–H and O–H groups in total. The predicted molar refractivity (Wildman–Crippen MR) is 414 cm³/mol. The number of nitrogens with one attached hydrogen (secondary N) is 1. The van der Waals surface area contributed by atoms with E-state index < -0.39 is 86.8 Å². The van der Waals surface area contributed by atoms with Gasteiger partial charge in [0.25, 0.3) is 0 Å². The topological polar surface area (TPSA) is 228 Å². The van der Waals surface area contributed by atoms with Gasteiger partial charge < -0.3 is 65.1 Å². The van der Waals surface area contributed by atoms with E-state index in [9.17, 15) is 45.6 Å². The number of rotatable bonds is 63. The normalized spacial score (nSPS) is 22.8. The summed E-state index contributed by atoms with van der Waals surface area (Å²) in [6.45, 7) is 2.66. The quantitative estimate of drug-likeness (QED) is 0.0204. The average molecular weight is 1400 g/mol. The van der Waals surface area contributed by atoms with Gasteiger partial charge in [0, 0.05) is 6.42 Å². The molecule has 1 amide bonds. The van der Waals surface area contributed by atoms with Crippen molar-refractivity contribution in [2.45, 2.75) is 344 Å². The van der Waals surface area contributed by atoms with E-state index in [0.29, 0.717) is 12.8 Å². The number of aliphatic hydroxyl groups is 8. The number of hydrogen-bond acceptors (Lipinski definition) is 13. The average Bonchev–Trinajstić information content (AvgIpc) is 0.791. The van der Waals surface area contributed by atoms with Crippen molar-refractivity contribution >= 4 is 5.91 Å². The molecule has 14 heteroatoms. The first kappa shape index (κ1) is 91.4. The van der Waals surface area contributed by atoms with E-state index >= 15 is 0 Å². The van der Waals surface area contributed by atoms with Gasteiger partial charge in [-0.3, -0.25) is 4.79 Å². The molecule has 2 heterocycles. The Labute approximate surface area is 607 Å². The molecule has 0 radical (unpaired) electrons. The molecule has 14 nitrogen and oxygen atoms in total. The van der Waals surface area contributed by atoms with E-state index in [1.54, 1.807) is 6.08 Å². The summed E-state index contributed by atoms with van der Waals surface area (Å²) in [5, 5.41) is 87.6. The van der Waals surface area contributed by atoms with Crippen molar-refractivity contribution in [2.75, 3.05) is 19.8 Å². The van der Waals surface area contributed by atoms with Gasteiger partial charge in [-0.15, -0.1) is 0 Å². The monoisotopic (exact) mass is 1400 g/mol. The van der Waals surface area contributed by atoms with Crippen molar-refractivity contribution in [2.24, 2.45) is 0 Å². The minimum atomic E-state index is -1.80. The zero-order chi connectivity index (χ0) is 72.2. The molecule has 0 aromatic rings. The smallest absolute Gasteiger partial charge is 0.220 e. The molecule has 568 valence electrons. The molecule has 2 aliphatic rings. The second-order valence-electron chi connectivity index (χ2n) is 26.7. The summed E-state index contributed by atoms with van der Waals surface area (Å²) in [4.78, 5) is 13.4. The molecule has 0 bridgehead atoms. The van der Waals surface area contributed by atoms with Crippen LogP contribution in [0.3, 0.4) is 0 Å². The molecule has 2 fully saturated rings. The van der Waals surface area contributed by atoms with Crippen LogP contribution in [0.4, 0.5) is 0 Å². The minimum Gasteiger partial charge on any atom is -0.394 e. The summed E-state index contributed by atoms with van der Waals surface area (Å²) in [7, 11) is 0. The molecule has 12 atom stereocenters. The van der Waals surface area contributed by atoms with Crippen LogP contribution in [-0.2, 0) is 23.7 Å². The zero-order valence-corrected chi connectivity index (χ0v) is 62.1. The van der Waals surface area contributed by atoms with Gasteiger partial charge in [-0.05, 0) is 122 Å². The van der Waals surface area contributed by atoms with Crippen LogP contribution in [0.1, 0.15) is 271 Å². The highest BCUT2D eigenvalue weighted by Gasteiger charge is 2.51. The van der Waals surface area contributed by atoms with Crippen molar-refractivity contribution in [3.63, 3.8) is 0 Å². The number of carbonyl (C=O) groups excluding carboxylic acids is 1. The summed E-state index contributed by atoms with van der Waals surface area (Å²) in [5.41, 5.74) is 0. The van der Waals surface area contributed by atoms with Gasteiger partial charge in [-0.1, -0.05) is 312 Å². The molecule has 0 aromatic carbocycles. The lowest BCUT2D eigenvalue weighted by Crippen LogP contribution is -2.65. The van der Waals surface area contributed by atoms with E-state index in [-0.39, 0.29) is 18.9 Å². The van der Waals surface area contributed by atoms with Crippen molar-refractivity contribution in [1.82, 2.24) is 5.32 Å². The molecule has 2 rings (SSSR count). The third kappa shape index (κ3) is 49.9. The first-order chi connectivity index (χ1) is 49.1. The summed E-state index contributed by atoms with van der Waals surface area (Å²) < 4.78 is 22.9. The minimum absolute atomic E-state index is 0.233. The highest BCUT2D eigenvalue weighted by Crippen LogP contribution is 2.30. The zero-order valence-electron chi connectivity index (χ0n) is 62.1. The molecule has 2 aliphatic heterocycles. The van der Waals surface area contributed by atoms with E-state index in [2.05, 4.69) is 177 Å².